The largest absolute Gasteiger partial charge is 0.497 e. The standard InChI is InChI=1S/C16H16N2O4/c1-9-13(16(19)21-3)14(12(8-17)15(18)22-9)10-4-6-11(20-2)7-5-10/h4-7,14H,18H2,1-3H3/t14-/m0/s1. The molecule has 1 heterocycles. The van der Waals surface area contributed by atoms with E-state index in [1.165, 1.54) is 7.11 Å². The van der Waals surface area contributed by atoms with Crippen molar-refractivity contribution in [3.8, 4) is 11.8 Å². The number of esters is 1. The number of allylic oxidation sites excluding steroid dienone is 2. The van der Waals surface area contributed by atoms with Gasteiger partial charge in [0.1, 0.15) is 23.2 Å². The molecule has 0 amide bonds. The van der Waals surface area contributed by atoms with Gasteiger partial charge in [-0.3, -0.25) is 0 Å². The molecule has 1 aliphatic rings. The second-order valence-electron chi connectivity index (χ2n) is 4.66. The summed E-state index contributed by atoms with van der Waals surface area (Å²) in [7, 11) is 2.84. The van der Waals surface area contributed by atoms with Crippen LogP contribution in [0.3, 0.4) is 0 Å². The number of ether oxygens (including phenoxy) is 3. The Bertz CT molecular complexity index is 696. The zero-order chi connectivity index (χ0) is 16.3. The molecule has 1 aromatic carbocycles. The summed E-state index contributed by atoms with van der Waals surface area (Å²) in [6, 6.07) is 9.06. The molecule has 0 saturated heterocycles. The lowest BCUT2D eigenvalue weighted by Gasteiger charge is -2.26. The summed E-state index contributed by atoms with van der Waals surface area (Å²) in [5.74, 6) is -0.195. The van der Waals surface area contributed by atoms with Gasteiger partial charge in [-0.25, -0.2) is 4.79 Å². The molecule has 0 spiro atoms. The fourth-order valence-corrected chi connectivity index (χ4v) is 2.39. The molecule has 0 aliphatic carbocycles. The van der Waals surface area contributed by atoms with Gasteiger partial charge in [0.15, 0.2) is 0 Å². The second kappa shape index (κ2) is 6.22. The first-order valence-electron chi connectivity index (χ1n) is 6.54. The number of nitrogens with two attached hydrogens (primary N) is 1. The van der Waals surface area contributed by atoms with Crippen LogP contribution in [0.1, 0.15) is 18.4 Å². The summed E-state index contributed by atoms with van der Waals surface area (Å²) in [5.41, 5.74) is 6.96. The van der Waals surface area contributed by atoms with Gasteiger partial charge in [-0.1, -0.05) is 12.1 Å². The Balaban J connectivity index is 2.59. The fraction of sp³-hybridized carbons (Fsp3) is 0.250. The number of benzene rings is 1. The van der Waals surface area contributed by atoms with Crippen LogP contribution in [-0.2, 0) is 14.3 Å². The van der Waals surface area contributed by atoms with E-state index in [4.69, 9.17) is 19.9 Å². The van der Waals surface area contributed by atoms with Crippen molar-refractivity contribution < 1.29 is 19.0 Å². The Labute approximate surface area is 128 Å². The van der Waals surface area contributed by atoms with Crippen molar-refractivity contribution in [2.75, 3.05) is 14.2 Å². The highest BCUT2D eigenvalue weighted by molar-refractivity contribution is 5.92. The van der Waals surface area contributed by atoms with Gasteiger partial charge in [0.25, 0.3) is 0 Å². The normalized spacial score (nSPS) is 17.6. The van der Waals surface area contributed by atoms with Crippen LogP contribution in [0, 0.1) is 11.3 Å². The Hall–Kier alpha value is -2.94. The summed E-state index contributed by atoms with van der Waals surface area (Å²) >= 11 is 0. The molecule has 6 nitrogen and oxygen atoms in total. The van der Waals surface area contributed by atoms with E-state index in [0.29, 0.717) is 11.5 Å². The van der Waals surface area contributed by atoms with Crippen LogP contribution < -0.4 is 10.5 Å². The topological polar surface area (TPSA) is 94.6 Å². The van der Waals surface area contributed by atoms with Gasteiger partial charge >= 0.3 is 5.97 Å². The van der Waals surface area contributed by atoms with Crippen molar-refractivity contribution in [2.24, 2.45) is 5.73 Å². The smallest absolute Gasteiger partial charge is 0.338 e. The Morgan fingerprint density at radius 3 is 2.45 bits per heavy atom. The molecule has 1 aromatic rings. The van der Waals surface area contributed by atoms with E-state index in [-0.39, 0.29) is 17.0 Å². The zero-order valence-corrected chi connectivity index (χ0v) is 12.5. The van der Waals surface area contributed by atoms with E-state index in [9.17, 15) is 10.1 Å². The minimum Gasteiger partial charge on any atom is -0.497 e. The van der Waals surface area contributed by atoms with E-state index >= 15 is 0 Å². The molecule has 0 aromatic heterocycles. The van der Waals surface area contributed by atoms with Gasteiger partial charge in [0.2, 0.25) is 5.88 Å². The van der Waals surface area contributed by atoms with E-state index in [1.807, 2.05) is 6.07 Å². The lowest BCUT2D eigenvalue weighted by Crippen LogP contribution is -2.25. The van der Waals surface area contributed by atoms with Crippen molar-refractivity contribution in [2.45, 2.75) is 12.8 Å². The van der Waals surface area contributed by atoms with E-state index in [1.54, 1.807) is 38.3 Å². The van der Waals surface area contributed by atoms with Crippen LogP contribution in [0.5, 0.6) is 5.75 Å². The number of nitriles is 1. The molecule has 0 unspecified atom stereocenters. The third kappa shape index (κ3) is 2.61. The molecule has 0 fully saturated rings. The molecule has 1 aliphatic heterocycles. The van der Waals surface area contributed by atoms with Crippen molar-refractivity contribution in [3.05, 3.63) is 52.6 Å². The molecule has 114 valence electrons. The molecule has 6 heteroatoms. The highest BCUT2D eigenvalue weighted by atomic mass is 16.5. The molecule has 2 N–H and O–H groups in total. The van der Waals surface area contributed by atoms with E-state index < -0.39 is 11.9 Å². The molecule has 2 rings (SSSR count). The first-order chi connectivity index (χ1) is 10.5. The first kappa shape index (κ1) is 15.4. The van der Waals surface area contributed by atoms with Gasteiger partial charge in [-0.05, 0) is 24.6 Å². The van der Waals surface area contributed by atoms with Crippen LogP contribution in [0.25, 0.3) is 0 Å². The van der Waals surface area contributed by atoms with Crippen molar-refractivity contribution in [1.82, 2.24) is 0 Å². The SMILES string of the molecule is COC(=O)C1=C(C)OC(N)=C(C#N)[C@@H]1c1ccc(OC)cc1. The van der Waals surface area contributed by atoms with Crippen LogP contribution in [-0.4, -0.2) is 20.2 Å². The van der Waals surface area contributed by atoms with Crippen LogP contribution in [0.2, 0.25) is 0 Å². The fourth-order valence-electron chi connectivity index (χ4n) is 2.39. The number of hydrogen-bond acceptors (Lipinski definition) is 6. The maximum atomic E-state index is 12.1. The van der Waals surface area contributed by atoms with Crippen molar-refractivity contribution >= 4 is 5.97 Å². The van der Waals surface area contributed by atoms with Crippen LogP contribution >= 0.6 is 0 Å². The quantitative estimate of drug-likeness (QED) is 0.857. The molecular formula is C16H16N2O4. The minimum absolute atomic E-state index is 0.00605. The lowest BCUT2D eigenvalue weighted by molar-refractivity contribution is -0.136. The average molecular weight is 300 g/mol. The third-order valence-corrected chi connectivity index (χ3v) is 3.46. The van der Waals surface area contributed by atoms with Crippen LogP contribution in [0.4, 0.5) is 0 Å². The highest BCUT2D eigenvalue weighted by Crippen LogP contribution is 2.39. The minimum atomic E-state index is -0.628. The molecule has 0 saturated carbocycles. The summed E-state index contributed by atoms with van der Waals surface area (Å²) in [4.78, 5) is 12.1. The number of rotatable bonds is 3. The number of carbonyl (C=O) groups excluding carboxylic acids is 1. The summed E-state index contributed by atoms with van der Waals surface area (Å²) in [6.45, 7) is 1.61. The van der Waals surface area contributed by atoms with Crippen LogP contribution in [0.15, 0.2) is 47.1 Å². The van der Waals surface area contributed by atoms with Gasteiger partial charge in [-0.15, -0.1) is 0 Å². The summed E-state index contributed by atoms with van der Waals surface area (Å²) < 4.78 is 15.2. The monoisotopic (exact) mass is 300 g/mol. The Morgan fingerprint density at radius 1 is 1.32 bits per heavy atom. The number of methoxy groups -OCH3 is 2. The lowest BCUT2D eigenvalue weighted by atomic mass is 9.83. The maximum absolute atomic E-state index is 12.1. The van der Waals surface area contributed by atoms with Gasteiger partial charge < -0.3 is 19.9 Å². The number of nitrogens with zero attached hydrogens (tertiary/aromatic N) is 1. The predicted octanol–water partition coefficient (Wildman–Crippen LogP) is 1.95. The van der Waals surface area contributed by atoms with Gasteiger partial charge in [-0.2, -0.15) is 5.26 Å². The summed E-state index contributed by atoms with van der Waals surface area (Å²) in [6.07, 6.45) is 0. The predicted molar refractivity (Wildman–Crippen MR) is 78.4 cm³/mol. The zero-order valence-electron chi connectivity index (χ0n) is 12.5. The average Bonchev–Trinajstić information content (AvgIpc) is 2.53. The molecule has 0 bridgehead atoms. The maximum Gasteiger partial charge on any atom is 0.338 e. The van der Waals surface area contributed by atoms with Gasteiger partial charge in [0, 0.05) is 0 Å². The first-order valence-corrected chi connectivity index (χ1v) is 6.54. The number of carbonyl (C=O) groups is 1. The molecule has 0 radical (unpaired) electrons. The van der Waals surface area contributed by atoms with E-state index in [2.05, 4.69) is 0 Å². The Morgan fingerprint density at radius 2 is 1.95 bits per heavy atom. The number of hydrogen-bond donors (Lipinski definition) is 1. The molecule has 1 atom stereocenters. The Kier molecular flexibility index (Phi) is 4.37. The third-order valence-electron chi connectivity index (χ3n) is 3.46. The van der Waals surface area contributed by atoms with Crippen molar-refractivity contribution in [1.29, 1.82) is 5.26 Å². The molecular weight excluding hydrogens is 284 g/mol. The molecule has 22 heavy (non-hydrogen) atoms. The van der Waals surface area contributed by atoms with Crippen molar-refractivity contribution in [3.63, 3.8) is 0 Å². The van der Waals surface area contributed by atoms with Gasteiger partial charge in [0.05, 0.1) is 25.7 Å². The second-order valence-corrected chi connectivity index (χ2v) is 4.66. The van der Waals surface area contributed by atoms with E-state index in [0.717, 1.165) is 5.56 Å². The summed E-state index contributed by atoms with van der Waals surface area (Å²) in [5, 5.41) is 9.39. The highest BCUT2D eigenvalue weighted by Gasteiger charge is 2.35.